The number of hydrogen-bond acceptors (Lipinski definition) is 4. The van der Waals surface area contributed by atoms with Crippen molar-refractivity contribution >= 4 is 23.5 Å². The van der Waals surface area contributed by atoms with Crippen LogP contribution in [-0.4, -0.2) is 42.4 Å². The fourth-order valence-electron chi connectivity index (χ4n) is 2.15. The van der Waals surface area contributed by atoms with E-state index in [9.17, 15) is 14.4 Å². The van der Waals surface area contributed by atoms with Crippen LogP contribution in [0.25, 0.3) is 0 Å². The second kappa shape index (κ2) is 9.61. The van der Waals surface area contributed by atoms with Crippen LogP contribution in [0.3, 0.4) is 0 Å². The maximum absolute atomic E-state index is 12.2. The molecule has 6 nitrogen and oxygen atoms in total. The van der Waals surface area contributed by atoms with E-state index in [0.29, 0.717) is 13.1 Å². The number of amides is 2. The lowest BCUT2D eigenvalue weighted by molar-refractivity contribution is -0.143. The van der Waals surface area contributed by atoms with Gasteiger partial charge >= 0.3 is 17.8 Å². The molecule has 0 spiro atoms. The van der Waals surface area contributed by atoms with Crippen LogP contribution >= 0.6 is 0 Å². The summed E-state index contributed by atoms with van der Waals surface area (Å²) in [5.41, 5.74) is 0.505. The van der Waals surface area contributed by atoms with Crippen LogP contribution in [0.2, 0.25) is 0 Å². The molecule has 0 aliphatic heterocycles. The molecule has 0 aliphatic carbocycles. The van der Waals surface area contributed by atoms with E-state index in [0.717, 1.165) is 12.8 Å². The first-order valence-corrected chi connectivity index (χ1v) is 7.91. The molecule has 23 heavy (non-hydrogen) atoms. The van der Waals surface area contributed by atoms with Crippen LogP contribution in [0.4, 0.5) is 5.69 Å². The van der Waals surface area contributed by atoms with Crippen LogP contribution in [0, 0.1) is 0 Å². The standard InChI is InChI=1S/C17H24N2O4/c1-4-11-19(12-5-2)16(21)15(20)18-14-10-8-7-9-13(14)17(22)23-6-3/h7-10H,4-6,11-12H2,1-3H3,(H,18,20). The molecule has 1 rings (SSSR count). The molecule has 0 radical (unpaired) electrons. The molecule has 1 aromatic rings. The summed E-state index contributed by atoms with van der Waals surface area (Å²) in [6.45, 7) is 6.89. The van der Waals surface area contributed by atoms with E-state index in [-0.39, 0.29) is 17.9 Å². The number of carbonyl (C=O) groups is 3. The van der Waals surface area contributed by atoms with Crippen molar-refractivity contribution in [2.45, 2.75) is 33.6 Å². The van der Waals surface area contributed by atoms with Gasteiger partial charge in [0, 0.05) is 13.1 Å². The van der Waals surface area contributed by atoms with E-state index in [4.69, 9.17) is 4.74 Å². The molecule has 0 fully saturated rings. The summed E-state index contributed by atoms with van der Waals surface area (Å²) < 4.78 is 4.95. The van der Waals surface area contributed by atoms with Gasteiger partial charge in [-0.3, -0.25) is 9.59 Å². The first-order valence-electron chi connectivity index (χ1n) is 7.91. The van der Waals surface area contributed by atoms with Gasteiger partial charge < -0.3 is 15.0 Å². The molecule has 0 unspecified atom stereocenters. The van der Waals surface area contributed by atoms with Crippen LogP contribution in [-0.2, 0) is 14.3 Å². The Hall–Kier alpha value is -2.37. The van der Waals surface area contributed by atoms with Gasteiger partial charge in [0.25, 0.3) is 0 Å². The van der Waals surface area contributed by atoms with Crippen molar-refractivity contribution in [2.24, 2.45) is 0 Å². The van der Waals surface area contributed by atoms with Gasteiger partial charge in [-0.2, -0.15) is 0 Å². The van der Waals surface area contributed by atoms with Gasteiger partial charge in [-0.1, -0.05) is 26.0 Å². The third-order valence-electron chi connectivity index (χ3n) is 3.14. The summed E-state index contributed by atoms with van der Waals surface area (Å²) in [5.74, 6) is -1.87. The number of para-hydroxylation sites is 1. The highest BCUT2D eigenvalue weighted by atomic mass is 16.5. The number of nitrogens with zero attached hydrogens (tertiary/aromatic N) is 1. The normalized spacial score (nSPS) is 10.0. The van der Waals surface area contributed by atoms with Crippen molar-refractivity contribution in [3.63, 3.8) is 0 Å². The zero-order chi connectivity index (χ0) is 17.2. The summed E-state index contributed by atoms with van der Waals surface area (Å²) in [6.07, 6.45) is 1.55. The molecule has 0 bridgehead atoms. The Kier molecular flexibility index (Phi) is 7.80. The van der Waals surface area contributed by atoms with Crippen molar-refractivity contribution < 1.29 is 19.1 Å². The Morgan fingerprint density at radius 3 is 2.22 bits per heavy atom. The number of ether oxygens (including phenoxy) is 1. The van der Waals surface area contributed by atoms with Gasteiger partial charge in [-0.15, -0.1) is 0 Å². The summed E-state index contributed by atoms with van der Waals surface area (Å²) in [4.78, 5) is 37.8. The number of benzene rings is 1. The van der Waals surface area contributed by atoms with Gasteiger partial charge in [0.1, 0.15) is 0 Å². The number of esters is 1. The first kappa shape index (κ1) is 18.7. The molecule has 0 heterocycles. The zero-order valence-electron chi connectivity index (χ0n) is 13.9. The monoisotopic (exact) mass is 320 g/mol. The average molecular weight is 320 g/mol. The van der Waals surface area contributed by atoms with Gasteiger partial charge in [0.05, 0.1) is 17.9 Å². The lowest BCUT2D eigenvalue weighted by atomic mass is 10.1. The molecule has 1 aromatic carbocycles. The summed E-state index contributed by atoms with van der Waals surface area (Å²) in [5, 5.41) is 2.52. The largest absolute Gasteiger partial charge is 0.462 e. The van der Waals surface area contributed by atoms with E-state index in [1.165, 1.54) is 4.90 Å². The van der Waals surface area contributed by atoms with Crippen molar-refractivity contribution in [1.29, 1.82) is 0 Å². The number of anilines is 1. The Morgan fingerprint density at radius 2 is 1.65 bits per heavy atom. The number of hydrogen-bond donors (Lipinski definition) is 1. The maximum atomic E-state index is 12.2. The summed E-state index contributed by atoms with van der Waals surface area (Å²) in [7, 11) is 0. The van der Waals surface area contributed by atoms with Crippen molar-refractivity contribution in [2.75, 3.05) is 25.0 Å². The highest BCUT2D eigenvalue weighted by molar-refractivity contribution is 6.39. The van der Waals surface area contributed by atoms with Crippen molar-refractivity contribution in [3.8, 4) is 0 Å². The lowest BCUT2D eigenvalue weighted by Gasteiger charge is -2.21. The van der Waals surface area contributed by atoms with Gasteiger partial charge in [0.15, 0.2) is 0 Å². The van der Waals surface area contributed by atoms with E-state index in [1.54, 1.807) is 31.2 Å². The second-order valence-electron chi connectivity index (χ2n) is 5.01. The molecule has 2 amide bonds. The van der Waals surface area contributed by atoms with Gasteiger partial charge in [-0.25, -0.2) is 4.79 Å². The van der Waals surface area contributed by atoms with E-state index in [2.05, 4.69) is 5.32 Å². The van der Waals surface area contributed by atoms with Crippen LogP contribution in [0.1, 0.15) is 44.0 Å². The van der Waals surface area contributed by atoms with Crippen LogP contribution in [0.5, 0.6) is 0 Å². The maximum Gasteiger partial charge on any atom is 0.340 e. The highest BCUT2D eigenvalue weighted by Gasteiger charge is 2.22. The molecule has 1 N–H and O–H groups in total. The minimum Gasteiger partial charge on any atom is -0.462 e. The SMILES string of the molecule is CCCN(CCC)C(=O)C(=O)Nc1ccccc1C(=O)OCC. The Balaban J connectivity index is 2.88. The third-order valence-corrected chi connectivity index (χ3v) is 3.14. The second-order valence-corrected chi connectivity index (χ2v) is 5.01. The molecule has 6 heteroatoms. The topological polar surface area (TPSA) is 75.7 Å². The summed E-state index contributed by atoms with van der Waals surface area (Å²) >= 11 is 0. The lowest BCUT2D eigenvalue weighted by Crippen LogP contribution is -2.40. The number of nitrogens with one attached hydrogen (secondary N) is 1. The summed E-state index contributed by atoms with van der Waals surface area (Å²) in [6, 6.07) is 6.47. The molecule has 0 atom stereocenters. The predicted octanol–water partition coefficient (Wildman–Crippen LogP) is 2.45. The molecule has 0 saturated heterocycles. The zero-order valence-corrected chi connectivity index (χ0v) is 13.9. The highest BCUT2D eigenvalue weighted by Crippen LogP contribution is 2.16. The number of carbonyl (C=O) groups excluding carboxylic acids is 3. The van der Waals surface area contributed by atoms with E-state index in [1.807, 2.05) is 13.8 Å². The van der Waals surface area contributed by atoms with Gasteiger partial charge in [0.2, 0.25) is 0 Å². The van der Waals surface area contributed by atoms with Crippen LogP contribution < -0.4 is 5.32 Å². The molecular weight excluding hydrogens is 296 g/mol. The Morgan fingerprint density at radius 1 is 1.04 bits per heavy atom. The Labute approximate surface area is 136 Å². The van der Waals surface area contributed by atoms with Crippen molar-refractivity contribution in [1.82, 2.24) is 4.90 Å². The predicted molar refractivity (Wildman–Crippen MR) is 88.2 cm³/mol. The average Bonchev–Trinajstić information content (AvgIpc) is 2.54. The smallest absolute Gasteiger partial charge is 0.340 e. The molecule has 126 valence electrons. The minimum absolute atomic E-state index is 0.230. The van der Waals surface area contributed by atoms with E-state index >= 15 is 0 Å². The van der Waals surface area contributed by atoms with Crippen molar-refractivity contribution in [3.05, 3.63) is 29.8 Å². The molecule has 0 aliphatic rings. The van der Waals surface area contributed by atoms with Gasteiger partial charge in [-0.05, 0) is 31.9 Å². The quantitative estimate of drug-likeness (QED) is 0.618. The van der Waals surface area contributed by atoms with Crippen LogP contribution in [0.15, 0.2) is 24.3 Å². The van der Waals surface area contributed by atoms with E-state index < -0.39 is 17.8 Å². The minimum atomic E-state index is -0.747. The fourth-order valence-corrected chi connectivity index (χ4v) is 2.15. The molecule has 0 aromatic heterocycles. The Bertz CT molecular complexity index is 551. The number of rotatable bonds is 7. The molecule has 0 saturated carbocycles. The third kappa shape index (κ3) is 5.39. The fraction of sp³-hybridized carbons (Fsp3) is 0.471. The molecular formula is C17H24N2O4. The first-order chi connectivity index (χ1) is 11.0.